The molecule has 0 saturated heterocycles. The van der Waals surface area contributed by atoms with E-state index in [0.717, 1.165) is 31.6 Å². The van der Waals surface area contributed by atoms with Crippen molar-refractivity contribution < 1.29 is 13.2 Å². The van der Waals surface area contributed by atoms with Crippen molar-refractivity contribution in [2.45, 2.75) is 31.6 Å². The number of primary sulfonamides is 1. The van der Waals surface area contributed by atoms with E-state index < -0.39 is 10.0 Å². The Morgan fingerprint density at radius 1 is 1.14 bits per heavy atom. The van der Waals surface area contributed by atoms with E-state index in [2.05, 4.69) is 5.32 Å². The Morgan fingerprint density at radius 2 is 1.73 bits per heavy atom. The molecule has 1 rings (SSSR count). The van der Waals surface area contributed by atoms with Crippen LogP contribution in [-0.2, 0) is 21.2 Å². The van der Waals surface area contributed by atoms with Crippen LogP contribution in [0.5, 0.6) is 0 Å². The lowest BCUT2D eigenvalue weighted by molar-refractivity contribution is -0.130. The number of nitrogens with one attached hydrogen (secondary N) is 1. The summed E-state index contributed by atoms with van der Waals surface area (Å²) in [4.78, 5) is 13.7. The number of benzene rings is 1. The Balaban J connectivity index is 2.29. The Bertz CT molecular complexity index is 566. The van der Waals surface area contributed by atoms with Gasteiger partial charge in [-0.15, -0.1) is 0 Å². The highest BCUT2D eigenvalue weighted by atomic mass is 32.2. The smallest absolute Gasteiger partial charge is 0.238 e. The molecule has 0 heterocycles. The number of nitrogens with zero attached hydrogens (tertiary/aromatic N) is 1. The molecule has 22 heavy (non-hydrogen) atoms. The van der Waals surface area contributed by atoms with Crippen LogP contribution in [0.2, 0.25) is 0 Å². The van der Waals surface area contributed by atoms with Gasteiger partial charge in [-0.1, -0.05) is 12.1 Å². The third-order valence-electron chi connectivity index (χ3n) is 3.47. The van der Waals surface area contributed by atoms with Gasteiger partial charge in [0.1, 0.15) is 0 Å². The van der Waals surface area contributed by atoms with Crippen LogP contribution in [0, 0.1) is 0 Å². The van der Waals surface area contributed by atoms with Gasteiger partial charge >= 0.3 is 0 Å². The first-order valence-corrected chi connectivity index (χ1v) is 9.03. The number of carbonyl (C=O) groups is 1. The summed E-state index contributed by atoms with van der Waals surface area (Å²) >= 11 is 0. The zero-order valence-electron chi connectivity index (χ0n) is 13.2. The SMILES string of the molecule is CCN(CC)C(=O)CCNCCc1ccc(S(N)(=O)=O)cc1. The minimum Gasteiger partial charge on any atom is -0.343 e. The molecule has 6 nitrogen and oxygen atoms in total. The summed E-state index contributed by atoms with van der Waals surface area (Å²) in [6, 6.07) is 6.52. The zero-order chi connectivity index (χ0) is 16.6. The van der Waals surface area contributed by atoms with Crippen LogP contribution in [0.1, 0.15) is 25.8 Å². The summed E-state index contributed by atoms with van der Waals surface area (Å²) in [5, 5.41) is 8.27. The largest absolute Gasteiger partial charge is 0.343 e. The number of hydrogen-bond acceptors (Lipinski definition) is 4. The Morgan fingerprint density at radius 3 is 2.23 bits per heavy atom. The summed E-state index contributed by atoms with van der Waals surface area (Å²) in [6.07, 6.45) is 1.26. The van der Waals surface area contributed by atoms with E-state index in [0.29, 0.717) is 13.0 Å². The fourth-order valence-corrected chi connectivity index (χ4v) is 2.65. The van der Waals surface area contributed by atoms with Gasteiger partial charge in [0.05, 0.1) is 4.90 Å². The lowest BCUT2D eigenvalue weighted by atomic mass is 10.1. The van der Waals surface area contributed by atoms with Crippen LogP contribution < -0.4 is 10.5 Å². The molecule has 1 aromatic rings. The first-order chi connectivity index (χ1) is 10.4. The summed E-state index contributed by atoms with van der Waals surface area (Å²) in [6.45, 7) is 6.81. The molecule has 0 saturated carbocycles. The molecule has 3 N–H and O–H groups in total. The van der Waals surface area contributed by atoms with Crippen molar-refractivity contribution >= 4 is 15.9 Å². The molecule has 0 unspecified atom stereocenters. The highest BCUT2D eigenvalue weighted by Gasteiger charge is 2.08. The van der Waals surface area contributed by atoms with Crippen molar-refractivity contribution in [3.05, 3.63) is 29.8 Å². The fourth-order valence-electron chi connectivity index (χ4n) is 2.13. The van der Waals surface area contributed by atoms with Crippen LogP contribution in [0.25, 0.3) is 0 Å². The second-order valence-corrected chi connectivity index (χ2v) is 6.57. The van der Waals surface area contributed by atoms with Crippen molar-refractivity contribution in [3.8, 4) is 0 Å². The first kappa shape index (κ1) is 18.6. The average Bonchev–Trinajstić information content (AvgIpc) is 2.47. The molecule has 0 aliphatic heterocycles. The number of hydrogen-bond donors (Lipinski definition) is 2. The highest BCUT2D eigenvalue weighted by molar-refractivity contribution is 7.89. The molecule has 0 fully saturated rings. The second kappa shape index (κ2) is 8.87. The van der Waals surface area contributed by atoms with E-state index in [1.807, 2.05) is 18.7 Å². The third-order valence-corrected chi connectivity index (χ3v) is 4.40. The maximum atomic E-state index is 11.8. The maximum Gasteiger partial charge on any atom is 0.238 e. The molecule has 0 aromatic heterocycles. The van der Waals surface area contributed by atoms with Gasteiger partial charge in [-0.3, -0.25) is 4.79 Å². The minimum absolute atomic E-state index is 0.119. The lowest BCUT2D eigenvalue weighted by Gasteiger charge is -2.18. The zero-order valence-corrected chi connectivity index (χ0v) is 14.0. The minimum atomic E-state index is -3.63. The van der Waals surface area contributed by atoms with Gasteiger partial charge in [0, 0.05) is 26.1 Å². The van der Waals surface area contributed by atoms with Gasteiger partial charge in [0.2, 0.25) is 15.9 Å². The Hall–Kier alpha value is -1.44. The molecule has 0 spiro atoms. The number of sulfonamides is 1. The molecular formula is C15H25N3O3S. The van der Waals surface area contributed by atoms with Crippen LogP contribution in [0.15, 0.2) is 29.2 Å². The Labute approximate surface area is 132 Å². The molecule has 0 radical (unpaired) electrons. The van der Waals surface area contributed by atoms with E-state index in [-0.39, 0.29) is 10.8 Å². The molecule has 0 aliphatic rings. The maximum absolute atomic E-state index is 11.8. The van der Waals surface area contributed by atoms with Gasteiger partial charge in [0.25, 0.3) is 0 Å². The van der Waals surface area contributed by atoms with Gasteiger partial charge in [0.15, 0.2) is 0 Å². The summed E-state index contributed by atoms with van der Waals surface area (Å²) in [5.74, 6) is 0.162. The topological polar surface area (TPSA) is 92.5 Å². The number of nitrogens with two attached hydrogens (primary N) is 1. The quantitative estimate of drug-likeness (QED) is 0.654. The van der Waals surface area contributed by atoms with Crippen molar-refractivity contribution in [2.24, 2.45) is 5.14 Å². The molecule has 0 aliphatic carbocycles. The van der Waals surface area contributed by atoms with Crippen LogP contribution in [0.3, 0.4) is 0 Å². The van der Waals surface area contributed by atoms with Gasteiger partial charge < -0.3 is 10.2 Å². The average molecular weight is 327 g/mol. The van der Waals surface area contributed by atoms with Gasteiger partial charge in [-0.05, 0) is 44.5 Å². The molecule has 0 bridgehead atoms. The van der Waals surface area contributed by atoms with E-state index in [4.69, 9.17) is 5.14 Å². The number of carbonyl (C=O) groups excluding carboxylic acids is 1. The third kappa shape index (κ3) is 6.13. The molecule has 1 aromatic carbocycles. The van der Waals surface area contributed by atoms with Crippen molar-refractivity contribution in [2.75, 3.05) is 26.2 Å². The van der Waals surface area contributed by atoms with Gasteiger partial charge in [-0.2, -0.15) is 0 Å². The monoisotopic (exact) mass is 327 g/mol. The van der Waals surface area contributed by atoms with Crippen LogP contribution in [0.4, 0.5) is 0 Å². The lowest BCUT2D eigenvalue weighted by Crippen LogP contribution is -2.33. The molecule has 7 heteroatoms. The predicted molar refractivity (Wildman–Crippen MR) is 86.9 cm³/mol. The molecule has 0 atom stereocenters. The normalized spacial score (nSPS) is 11.4. The number of amides is 1. The standard InChI is InChI=1S/C15H25N3O3S/c1-3-18(4-2)15(19)10-12-17-11-9-13-5-7-14(8-6-13)22(16,20)21/h5-8,17H,3-4,9-12H2,1-2H3,(H2,16,20,21). The van der Waals surface area contributed by atoms with E-state index >= 15 is 0 Å². The molecule has 1 amide bonds. The molecule has 124 valence electrons. The first-order valence-electron chi connectivity index (χ1n) is 7.48. The fraction of sp³-hybridized carbons (Fsp3) is 0.533. The van der Waals surface area contributed by atoms with Crippen LogP contribution >= 0.6 is 0 Å². The highest BCUT2D eigenvalue weighted by Crippen LogP contribution is 2.08. The summed E-state index contributed by atoms with van der Waals surface area (Å²) in [7, 11) is -3.63. The second-order valence-electron chi connectivity index (χ2n) is 5.00. The van der Waals surface area contributed by atoms with Crippen LogP contribution in [-0.4, -0.2) is 45.4 Å². The van der Waals surface area contributed by atoms with E-state index in [1.165, 1.54) is 12.1 Å². The van der Waals surface area contributed by atoms with Crippen molar-refractivity contribution in [1.29, 1.82) is 0 Å². The van der Waals surface area contributed by atoms with E-state index in [9.17, 15) is 13.2 Å². The van der Waals surface area contributed by atoms with E-state index in [1.54, 1.807) is 12.1 Å². The van der Waals surface area contributed by atoms with Gasteiger partial charge in [-0.25, -0.2) is 13.6 Å². The molecular weight excluding hydrogens is 302 g/mol. The Kier molecular flexibility index (Phi) is 7.50. The predicted octanol–water partition coefficient (Wildman–Crippen LogP) is 0.725. The summed E-state index contributed by atoms with van der Waals surface area (Å²) in [5.41, 5.74) is 1.02. The number of rotatable bonds is 9. The van der Waals surface area contributed by atoms with Crippen molar-refractivity contribution in [1.82, 2.24) is 10.2 Å². The summed E-state index contributed by atoms with van der Waals surface area (Å²) < 4.78 is 22.3. The van der Waals surface area contributed by atoms with Crippen molar-refractivity contribution in [3.63, 3.8) is 0 Å².